The molecule has 0 fully saturated rings. The van der Waals surface area contributed by atoms with Crippen molar-refractivity contribution in [2.75, 3.05) is 0 Å². The monoisotopic (exact) mass is 240 g/mol. The van der Waals surface area contributed by atoms with Gasteiger partial charge in [-0.1, -0.05) is 17.5 Å². The van der Waals surface area contributed by atoms with Crippen LogP contribution in [0.25, 0.3) is 0 Å². The van der Waals surface area contributed by atoms with Gasteiger partial charge in [-0.15, -0.1) is 0 Å². The van der Waals surface area contributed by atoms with Crippen molar-refractivity contribution < 1.29 is 10.0 Å². The van der Waals surface area contributed by atoms with Gasteiger partial charge in [0.2, 0.25) is 5.15 Å². The van der Waals surface area contributed by atoms with Gasteiger partial charge in [0.1, 0.15) is 11.3 Å². The number of nitrogens with zero attached hydrogens (tertiary/aromatic N) is 2. The largest absolute Gasteiger partial charge is 0.378 e. The molecule has 0 aliphatic carbocycles. The maximum atomic E-state index is 10.5. The number of aliphatic hydroxyl groups is 1. The summed E-state index contributed by atoms with van der Waals surface area (Å²) in [6.07, 6.45) is 0. The van der Waals surface area contributed by atoms with Gasteiger partial charge in [-0.05, 0) is 25.8 Å². The van der Waals surface area contributed by atoms with Gasteiger partial charge in [0.25, 0.3) is 0 Å². The highest BCUT2D eigenvalue weighted by molar-refractivity contribution is 6.31. The van der Waals surface area contributed by atoms with Crippen molar-refractivity contribution in [3.8, 4) is 11.8 Å². The number of rotatable bonds is 1. The first kappa shape index (κ1) is 12.4. The Morgan fingerprint density at radius 3 is 2.62 bits per heavy atom. The Morgan fingerprint density at radius 1 is 1.56 bits per heavy atom. The smallest absolute Gasteiger partial charge is 0.306 e. The van der Waals surface area contributed by atoms with Crippen molar-refractivity contribution >= 4 is 17.3 Å². The predicted octanol–water partition coefficient (Wildman–Crippen LogP) is 1.77. The van der Waals surface area contributed by atoms with Gasteiger partial charge in [0, 0.05) is 6.07 Å². The molecule has 16 heavy (non-hydrogen) atoms. The van der Waals surface area contributed by atoms with E-state index < -0.39 is 10.5 Å². The average molecular weight is 241 g/mol. The fourth-order valence-electron chi connectivity index (χ4n) is 0.850. The Morgan fingerprint density at radius 2 is 2.19 bits per heavy atom. The topological polar surface area (TPSA) is 76.3 Å². The minimum absolute atomic E-state index is 0.215. The second-order valence-electron chi connectivity index (χ2n) is 3.57. The molecule has 5 nitrogen and oxygen atoms in total. The van der Waals surface area contributed by atoms with Crippen LogP contribution in [0.2, 0.25) is 5.15 Å². The summed E-state index contributed by atoms with van der Waals surface area (Å²) >= 11 is 5.59. The van der Waals surface area contributed by atoms with Crippen molar-refractivity contribution in [2.24, 2.45) is 0 Å². The van der Waals surface area contributed by atoms with E-state index in [0.29, 0.717) is 0 Å². The molecule has 1 rings (SSSR count). The van der Waals surface area contributed by atoms with E-state index in [1.165, 1.54) is 26.0 Å². The minimum Gasteiger partial charge on any atom is -0.378 e. The van der Waals surface area contributed by atoms with E-state index in [1.807, 2.05) is 0 Å². The molecular formula is C10H9ClN2O3. The molecule has 0 aliphatic heterocycles. The minimum atomic E-state index is -1.14. The number of nitro groups is 1. The summed E-state index contributed by atoms with van der Waals surface area (Å²) < 4.78 is 0. The first-order valence-electron chi connectivity index (χ1n) is 4.36. The van der Waals surface area contributed by atoms with Crippen molar-refractivity contribution in [1.82, 2.24) is 4.98 Å². The molecule has 1 aromatic heterocycles. The Balaban J connectivity index is 3.06. The zero-order valence-corrected chi connectivity index (χ0v) is 9.45. The lowest BCUT2D eigenvalue weighted by atomic mass is 10.1. The van der Waals surface area contributed by atoms with Gasteiger partial charge in [-0.3, -0.25) is 10.1 Å². The van der Waals surface area contributed by atoms with Crippen molar-refractivity contribution in [2.45, 2.75) is 19.4 Å². The van der Waals surface area contributed by atoms with Gasteiger partial charge in [-0.2, -0.15) is 0 Å². The zero-order valence-electron chi connectivity index (χ0n) is 8.69. The van der Waals surface area contributed by atoms with Crippen molar-refractivity contribution in [1.29, 1.82) is 0 Å². The lowest BCUT2D eigenvalue weighted by Gasteiger charge is -2.05. The summed E-state index contributed by atoms with van der Waals surface area (Å²) in [4.78, 5) is 13.6. The molecule has 0 atom stereocenters. The first-order valence-corrected chi connectivity index (χ1v) is 4.74. The van der Waals surface area contributed by atoms with E-state index in [1.54, 1.807) is 0 Å². The van der Waals surface area contributed by atoms with Crippen LogP contribution in [0.5, 0.6) is 0 Å². The molecule has 84 valence electrons. The molecule has 0 aliphatic rings. The third-order valence-corrected chi connectivity index (χ3v) is 1.80. The van der Waals surface area contributed by atoms with E-state index in [2.05, 4.69) is 16.8 Å². The van der Waals surface area contributed by atoms with Gasteiger partial charge in [0.05, 0.1) is 4.92 Å². The molecule has 0 unspecified atom stereocenters. The van der Waals surface area contributed by atoms with Gasteiger partial charge >= 0.3 is 5.69 Å². The molecule has 1 aromatic rings. The molecule has 0 saturated heterocycles. The standard InChI is InChI=1S/C10H9ClN2O3/c1-10(2,14)6-5-7-3-4-8(13(15)16)9(11)12-7/h3-4,14H,1-2H3. The summed E-state index contributed by atoms with van der Waals surface area (Å²) in [6, 6.07) is 2.60. The maximum Gasteiger partial charge on any atom is 0.306 e. The molecule has 1 heterocycles. The number of aromatic nitrogens is 1. The molecule has 0 aromatic carbocycles. The molecule has 6 heteroatoms. The van der Waals surface area contributed by atoms with Crippen LogP contribution in [0.4, 0.5) is 5.69 Å². The van der Waals surface area contributed by atoms with Gasteiger partial charge in [-0.25, -0.2) is 4.98 Å². The van der Waals surface area contributed by atoms with Crippen LogP contribution in [-0.2, 0) is 0 Å². The summed E-state index contributed by atoms with van der Waals surface area (Å²) in [5.74, 6) is 5.10. The zero-order chi connectivity index (χ0) is 12.3. The summed E-state index contributed by atoms with van der Waals surface area (Å²) in [7, 11) is 0. The number of hydrogen-bond acceptors (Lipinski definition) is 4. The van der Waals surface area contributed by atoms with E-state index >= 15 is 0 Å². The molecule has 1 N–H and O–H groups in total. The molecule has 0 radical (unpaired) electrons. The second-order valence-corrected chi connectivity index (χ2v) is 3.93. The summed E-state index contributed by atoms with van der Waals surface area (Å²) in [6.45, 7) is 3.04. The third kappa shape index (κ3) is 3.50. The Labute approximate surface area is 97.2 Å². The highest BCUT2D eigenvalue weighted by Crippen LogP contribution is 2.21. The highest BCUT2D eigenvalue weighted by atomic mass is 35.5. The van der Waals surface area contributed by atoms with Crippen molar-refractivity contribution in [3.05, 3.63) is 33.1 Å². The fourth-order valence-corrected chi connectivity index (χ4v) is 1.07. The van der Waals surface area contributed by atoms with E-state index in [4.69, 9.17) is 11.6 Å². The number of hydrogen-bond donors (Lipinski definition) is 1. The van der Waals surface area contributed by atoms with Crippen LogP contribution in [0, 0.1) is 22.0 Å². The van der Waals surface area contributed by atoms with Crippen molar-refractivity contribution in [3.63, 3.8) is 0 Å². The van der Waals surface area contributed by atoms with Crippen LogP contribution in [0.3, 0.4) is 0 Å². The lowest BCUT2D eigenvalue weighted by molar-refractivity contribution is -0.385. The average Bonchev–Trinajstić information content (AvgIpc) is 2.13. The van der Waals surface area contributed by atoms with Crippen LogP contribution < -0.4 is 0 Å². The SMILES string of the molecule is CC(C)(O)C#Cc1ccc([N+](=O)[O-])c(Cl)n1. The number of halogens is 1. The summed E-state index contributed by atoms with van der Waals surface area (Å²) in [5, 5.41) is 19.6. The lowest BCUT2D eigenvalue weighted by Crippen LogP contribution is -2.14. The normalized spacial score (nSPS) is 10.5. The van der Waals surface area contributed by atoms with E-state index in [9.17, 15) is 15.2 Å². The highest BCUT2D eigenvalue weighted by Gasteiger charge is 2.13. The molecular weight excluding hydrogens is 232 g/mol. The van der Waals surface area contributed by atoms with Gasteiger partial charge < -0.3 is 5.11 Å². The van der Waals surface area contributed by atoms with Crippen LogP contribution >= 0.6 is 11.6 Å². The number of pyridine rings is 1. The Bertz CT molecular complexity index is 483. The van der Waals surface area contributed by atoms with E-state index in [-0.39, 0.29) is 16.5 Å². The Hall–Kier alpha value is -1.64. The van der Waals surface area contributed by atoms with Crippen LogP contribution in [0.15, 0.2) is 12.1 Å². The Kier molecular flexibility index (Phi) is 3.48. The maximum absolute atomic E-state index is 10.5. The molecule has 0 spiro atoms. The van der Waals surface area contributed by atoms with Crippen LogP contribution in [0.1, 0.15) is 19.5 Å². The van der Waals surface area contributed by atoms with Crippen LogP contribution in [-0.4, -0.2) is 20.6 Å². The fraction of sp³-hybridized carbons (Fsp3) is 0.300. The van der Waals surface area contributed by atoms with Gasteiger partial charge in [0.15, 0.2) is 0 Å². The molecule has 0 amide bonds. The van der Waals surface area contributed by atoms with E-state index in [0.717, 1.165) is 0 Å². The summed E-state index contributed by atoms with van der Waals surface area (Å²) in [5.41, 5.74) is -1.14. The molecule has 0 bridgehead atoms. The first-order chi connectivity index (χ1) is 7.29. The molecule has 0 saturated carbocycles. The quantitative estimate of drug-likeness (QED) is 0.351. The third-order valence-electron chi connectivity index (χ3n) is 1.52. The second kappa shape index (κ2) is 4.47. The predicted molar refractivity (Wildman–Crippen MR) is 59.1 cm³/mol.